The summed E-state index contributed by atoms with van der Waals surface area (Å²) >= 11 is 1.47. The number of aromatic nitrogens is 1. The Morgan fingerprint density at radius 1 is 1.17 bits per heavy atom. The van der Waals surface area contributed by atoms with Crippen LogP contribution in [0.25, 0.3) is 0 Å². The number of ether oxygens (including phenoxy) is 1. The fourth-order valence-electron chi connectivity index (χ4n) is 2.88. The van der Waals surface area contributed by atoms with Crippen LogP contribution < -0.4 is 10.6 Å². The molecule has 0 spiro atoms. The van der Waals surface area contributed by atoms with Crippen molar-refractivity contribution in [2.45, 2.75) is 24.9 Å². The predicted octanol–water partition coefficient (Wildman–Crippen LogP) is 3.92. The number of pyridine rings is 1. The Bertz CT molecular complexity index is 1000. The summed E-state index contributed by atoms with van der Waals surface area (Å²) in [4.78, 5) is 29.7. The molecular formula is C22H20FN3O3S. The van der Waals surface area contributed by atoms with Gasteiger partial charge in [-0.2, -0.15) is 0 Å². The molecule has 30 heavy (non-hydrogen) atoms. The number of esters is 1. The molecule has 154 valence electrons. The predicted molar refractivity (Wildman–Crippen MR) is 112 cm³/mol. The largest absolute Gasteiger partial charge is 0.452 e. The van der Waals surface area contributed by atoms with Crippen LogP contribution in [-0.2, 0) is 9.53 Å². The van der Waals surface area contributed by atoms with Gasteiger partial charge in [-0.25, -0.2) is 14.2 Å². The number of halogens is 1. The van der Waals surface area contributed by atoms with E-state index in [0.717, 1.165) is 23.3 Å². The molecule has 2 N–H and O–H groups in total. The number of hydrogen-bond donors (Lipinski definition) is 2. The van der Waals surface area contributed by atoms with Crippen LogP contribution in [0, 0.1) is 5.82 Å². The molecule has 0 radical (unpaired) electrons. The molecule has 0 aliphatic heterocycles. The Morgan fingerprint density at radius 3 is 2.60 bits per heavy atom. The lowest BCUT2D eigenvalue weighted by atomic mass is 10.1. The molecule has 2 aromatic heterocycles. The molecule has 1 atom stereocenters. The highest BCUT2D eigenvalue weighted by molar-refractivity contribution is 7.10. The molecule has 4 rings (SSSR count). The van der Waals surface area contributed by atoms with Crippen molar-refractivity contribution in [3.63, 3.8) is 0 Å². The van der Waals surface area contributed by atoms with E-state index in [9.17, 15) is 14.0 Å². The molecular weight excluding hydrogens is 405 g/mol. The van der Waals surface area contributed by atoms with Crippen molar-refractivity contribution in [3.8, 4) is 0 Å². The normalized spacial score (nSPS) is 14.0. The maximum absolute atomic E-state index is 13.3. The number of nitrogens with zero attached hydrogens (tertiary/aromatic N) is 1. The summed E-state index contributed by atoms with van der Waals surface area (Å²) in [6.07, 6.45) is 3.69. The van der Waals surface area contributed by atoms with Gasteiger partial charge in [-0.3, -0.25) is 4.79 Å². The minimum Gasteiger partial charge on any atom is -0.452 e. The average molecular weight is 425 g/mol. The van der Waals surface area contributed by atoms with Gasteiger partial charge in [0.25, 0.3) is 5.91 Å². The monoisotopic (exact) mass is 425 g/mol. The van der Waals surface area contributed by atoms with Crippen LogP contribution in [0.15, 0.2) is 60.1 Å². The number of hydrogen-bond acceptors (Lipinski definition) is 6. The number of benzene rings is 1. The first kappa shape index (κ1) is 20.0. The van der Waals surface area contributed by atoms with Gasteiger partial charge in [-0.1, -0.05) is 18.2 Å². The van der Waals surface area contributed by atoms with E-state index in [4.69, 9.17) is 4.74 Å². The van der Waals surface area contributed by atoms with Crippen LogP contribution in [0.4, 0.5) is 10.2 Å². The third-order valence-corrected chi connectivity index (χ3v) is 5.54. The van der Waals surface area contributed by atoms with E-state index < -0.39 is 24.5 Å². The second-order valence-electron chi connectivity index (χ2n) is 6.99. The third kappa shape index (κ3) is 5.21. The molecule has 3 aromatic rings. The lowest BCUT2D eigenvalue weighted by Gasteiger charge is -2.18. The van der Waals surface area contributed by atoms with Crippen molar-refractivity contribution in [3.05, 3.63) is 81.9 Å². The van der Waals surface area contributed by atoms with E-state index in [1.54, 1.807) is 24.3 Å². The van der Waals surface area contributed by atoms with E-state index in [0.29, 0.717) is 11.9 Å². The van der Waals surface area contributed by atoms with Gasteiger partial charge in [0.05, 0.1) is 11.6 Å². The van der Waals surface area contributed by atoms with Crippen molar-refractivity contribution >= 4 is 29.0 Å². The second-order valence-corrected chi connectivity index (χ2v) is 7.97. The summed E-state index contributed by atoms with van der Waals surface area (Å²) in [5, 5.41) is 7.98. The van der Waals surface area contributed by atoms with Gasteiger partial charge >= 0.3 is 5.97 Å². The molecule has 1 aromatic carbocycles. The zero-order valence-electron chi connectivity index (χ0n) is 16.0. The number of carbonyl (C=O) groups excluding carboxylic acids is 2. The highest BCUT2D eigenvalue weighted by atomic mass is 32.1. The van der Waals surface area contributed by atoms with Crippen molar-refractivity contribution in [2.75, 3.05) is 11.9 Å². The third-order valence-electron chi connectivity index (χ3n) is 4.60. The maximum Gasteiger partial charge on any atom is 0.340 e. The molecule has 8 heteroatoms. The van der Waals surface area contributed by atoms with Crippen LogP contribution >= 0.6 is 11.3 Å². The van der Waals surface area contributed by atoms with E-state index in [-0.39, 0.29) is 11.4 Å². The molecule has 1 saturated carbocycles. The van der Waals surface area contributed by atoms with Crippen LogP contribution in [0.3, 0.4) is 0 Å². The fraction of sp³-hybridized carbons (Fsp3) is 0.227. The second kappa shape index (κ2) is 9.04. The summed E-state index contributed by atoms with van der Waals surface area (Å²) in [5.74, 6) is -0.711. The smallest absolute Gasteiger partial charge is 0.340 e. The van der Waals surface area contributed by atoms with E-state index in [1.807, 2.05) is 17.5 Å². The Hall–Kier alpha value is -3.26. The van der Waals surface area contributed by atoms with Crippen molar-refractivity contribution in [1.29, 1.82) is 0 Å². The van der Waals surface area contributed by atoms with Gasteiger partial charge in [-0.15, -0.1) is 11.3 Å². The van der Waals surface area contributed by atoms with Crippen LogP contribution in [0.5, 0.6) is 0 Å². The Kier molecular flexibility index (Phi) is 6.04. The first-order valence-corrected chi connectivity index (χ1v) is 10.4. The summed E-state index contributed by atoms with van der Waals surface area (Å²) in [7, 11) is 0. The van der Waals surface area contributed by atoms with Crippen molar-refractivity contribution in [1.82, 2.24) is 10.3 Å². The summed E-state index contributed by atoms with van der Waals surface area (Å²) in [5.41, 5.74) is 1.01. The first-order chi connectivity index (χ1) is 14.6. The topological polar surface area (TPSA) is 80.3 Å². The summed E-state index contributed by atoms with van der Waals surface area (Å²) < 4.78 is 18.4. The van der Waals surface area contributed by atoms with E-state index in [2.05, 4.69) is 15.6 Å². The minimum atomic E-state index is -0.620. The molecule has 1 fully saturated rings. The molecule has 6 nitrogen and oxygen atoms in total. The van der Waals surface area contributed by atoms with Crippen LogP contribution in [0.1, 0.15) is 39.7 Å². The molecule has 0 bridgehead atoms. The number of anilines is 1. The lowest BCUT2D eigenvalue weighted by Crippen LogP contribution is -2.32. The number of carbonyl (C=O) groups is 2. The van der Waals surface area contributed by atoms with Gasteiger partial charge < -0.3 is 15.4 Å². The SMILES string of the molecule is O=C(COC(=O)c1ccc(NC2CC2)nc1)NC(c1ccc(F)cc1)c1cccs1. The molecule has 1 unspecified atom stereocenters. The zero-order chi connectivity index (χ0) is 20.9. The highest BCUT2D eigenvalue weighted by Crippen LogP contribution is 2.26. The van der Waals surface area contributed by atoms with Gasteiger partial charge in [0.2, 0.25) is 0 Å². The molecule has 1 aliphatic carbocycles. The van der Waals surface area contributed by atoms with Gasteiger partial charge in [0.15, 0.2) is 6.61 Å². The molecule has 2 heterocycles. The fourth-order valence-corrected chi connectivity index (χ4v) is 3.69. The summed E-state index contributed by atoms with van der Waals surface area (Å²) in [6, 6.07) is 13.0. The maximum atomic E-state index is 13.3. The Balaban J connectivity index is 1.35. The van der Waals surface area contributed by atoms with Crippen LogP contribution in [-0.4, -0.2) is 29.5 Å². The number of rotatable bonds is 8. The summed E-state index contributed by atoms with van der Waals surface area (Å²) in [6.45, 7) is -0.427. The standard InChI is InChI=1S/C22H20FN3O3S/c23-16-6-3-14(4-7-16)21(18-2-1-11-30-18)26-20(27)13-29-22(28)15-5-10-19(24-12-15)25-17-8-9-17/h1-7,10-12,17,21H,8-9,13H2,(H,24,25)(H,26,27). The average Bonchev–Trinajstić information content (AvgIpc) is 3.40. The van der Waals surface area contributed by atoms with E-state index in [1.165, 1.54) is 29.7 Å². The number of nitrogens with one attached hydrogen (secondary N) is 2. The molecule has 1 aliphatic rings. The quantitative estimate of drug-likeness (QED) is 0.535. The van der Waals surface area contributed by atoms with Gasteiger partial charge in [0, 0.05) is 17.1 Å². The van der Waals surface area contributed by atoms with E-state index >= 15 is 0 Å². The number of amides is 1. The van der Waals surface area contributed by atoms with Gasteiger partial charge in [-0.05, 0) is 54.1 Å². The Morgan fingerprint density at radius 2 is 1.97 bits per heavy atom. The van der Waals surface area contributed by atoms with Crippen molar-refractivity contribution in [2.24, 2.45) is 0 Å². The van der Waals surface area contributed by atoms with Crippen LogP contribution in [0.2, 0.25) is 0 Å². The van der Waals surface area contributed by atoms with Gasteiger partial charge in [0.1, 0.15) is 11.6 Å². The molecule has 0 saturated heterocycles. The lowest BCUT2D eigenvalue weighted by molar-refractivity contribution is -0.124. The highest BCUT2D eigenvalue weighted by Gasteiger charge is 2.22. The Labute approximate surface area is 177 Å². The first-order valence-electron chi connectivity index (χ1n) is 9.56. The zero-order valence-corrected chi connectivity index (χ0v) is 16.8. The number of thiophene rings is 1. The molecule has 1 amide bonds. The minimum absolute atomic E-state index is 0.275. The van der Waals surface area contributed by atoms with Crippen molar-refractivity contribution < 1.29 is 18.7 Å².